The van der Waals surface area contributed by atoms with E-state index in [0.717, 1.165) is 0 Å². The fraction of sp³-hybridized carbons (Fsp3) is 0.176. The van der Waals surface area contributed by atoms with Gasteiger partial charge >= 0.3 is 0 Å². The van der Waals surface area contributed by atoms with Crippen LogP contribution in [0.25, 0.3) is 16.8 Å². The Morgan fingerprint density at radius 1 is 1.33 bits per heavy atom. The van der Waals surface area contributed by atoms with E-state index in [4.69, 9.17) is 17.3 Å². The number of hydrogen-bond donors (Lipinski definition) is 1. The Kier molecular flexibility index (Phi) is 3.31. The quantitative estimate of drug-likeness (QED) is 0.730. The number of aromatic nitrogens is 2. The lowest BCUT2D eigenvalue weighted by molar-refractivity contribution is 0.0952. The molecule has 0 amide bonds. The van der Waals surface area contributed by atoms with Crippen molar-refractivity contribution in [2.75, 3.05) is 5.73 Å². The zero-order valence-electron chi connectivity index (χ0n) is 12.3. The van der Waals surface area contributed by atoms with Crippen LogP contribution in [0.1, 0.15) is 16.9 Å². The third-order valence-electron chi connectivity index (χ3n) is 4.19. The van der Waals surface area contributed by atoms with E-state index in [2.05, 4.69) is 4.98 Å². The largest absolute Gasteiger partial charge is 0.382 e. The van der Waals surface area contributed by atoms with Crippen LogP contribution in [0.4, 0.5) is 14.6 Å². The number of fused-ring (bicyclic) bond motifs is 1. The van der Waals surface area contributed by atoms with Crippen molar-refractivity contribution in [1.82, 2.24) is 9.38 Å². The normalized spacial score (nSPS) is 19.6. The molecule has 24 heavy (non-hydrogen) atoms. The maximum atomic E-state index is 13.7. The second kappa shape index (κ2) is 5.27. The second-order valence-electron chi connectivity index (χ2n) is 5.82. The van der Waals surface area contributed by atoms with Crippen molar-refractivity contribution in [3.8, 4) is 11.1 Å². The minimum Gasteiger partial charge on any atom is -0.382 e. The van der Waals surface area contributed by atoms with Crippen molar-refractivity contribution in [2.45, 2.75) is 12.6 Å². The summed E-state index contributed by atoms with van der Waals surface area (Å²) >= 11 is 6.02. The lowest BCUT2D eigenvalue weighted by Crippen LogP contribution is -2.10. The number of anilines is 1. The number of rotatable bonds is 3. The minimum atomic E-state index is -1.12. The molecule has 2 atom stereocenters. The molecule has 3 aromatic rings. The van der Waals surface area contributed by atoms with Crippen molar-refractivity contribution in [3.05, 3.63) is 53.1 Å². The molecular formula is C17H12ClF2N3O. The van der Waals surface area contributed by atoms with E-state index in [0.29, 0.717) is 16.8 Å². The van der Waals surface area contributed by atoms with Crippen molar-refractivity contribution >= 4 is 28.8 Å². The number of carbonyl (C=O) groups is 1. The molecule has 2 aromatic heterocycles. The third-order valence-corrected chi connectivity index (χ3v) is 4.57. The van der Waals surface area contributed by atoms with Crippen LogP contribution in [0.2, 0.25) is 5.02 Å². The first-order valence-electron chi connectivity index (χ1n) is 7.37. The molecule has 0 spiro atoms. The van der Waals surface area contributed by atoms with Gasteiger partial charge < -0.3 is 5.73 Å². The molecule has 1 aromatic carbocycles. The predicted octanol–water partition coefficient (Wildman–Crippen LogP) is 3.92. The highest BCUT2D eigenvalue weighted by Gasteiger charge is 2.45. The number of halogens is 3. The zero-order valence-corrected chi connectivity index (χ0v) is 13.1. The molecule has 0 unspecified atom stereocenters. The van der Waals surface area contributed by atoms with E-state index in [9.17, 15) is 13.6 Å². The Morgan fingerprint density at radius 3 is 2.79 bits per heavy atom. The highest BCUT2D eigenvalue weighted by molar-refractivity contribution is 6.33. The van der Waals surface area contributed by atoms with Gasteiger partial charge in [0.1, 0.15) is 23.3 Å². The Hall–Kier alpha value is -2.47. The molecule has 0 saturated heterocycles. The van der Waals surface area contributed by atoms with Gasteiger partial charge in [-0.05, 0) is 24.6 Å². The monoisotopic (exact) mass is 347 g/mol. The summed E-state index contributed by atoms with van der Waals surface area (Å²) in [5.74, 6) is -1.50. The van der Waals surface area contributed by atoms with E-state index in [1.54, 1.807) is 30.5 Å². The van der Waals surface area contributed by atoms with Gasteiger partial charge in [0.15, 0.2) is 11.6 Å². The van der Waals surface area contributed by atoms with Crippen LogP contribution in [0.3, 0.4) is 0 Å². The highest BCUT2D eigenvalue weighted by atomic mass is 35.5. The number of carbonyl (C=O) groups excluding carboxylic acids is 1. The number of Topliss-reactive ketones (excluding diaryl/α,β-unsaturated/α-hetero) is 1. The molecule has 1 aliphatic rings. The summed E-state index contributed by atoms with van der Waals surface area (Å²) in [5.41, 5.74) is 7.55. The van der Waals surface area contributed by atoms with Crippen molar-refractivity contribution in [2.24, 2.45) is 5.92 Å². The first-order chi connectivity index (χ1) is 11.5. The van der Waals surface area contributed by atoms with Gasteiger partial charge in [0.05, 0.1) is 10.9 Å². The number of alkyl halides is 1. The van der Waals surface area contributed by atoms with E-state index < -0.39 is 17.9 Å². The number of benzene rings is 1. The summed E-state index contributed by atoms with van der Waals surface area (Å²) in [6.07, 6.45) is 0.701. The molecule has 0 bridgehead atoms. The first kappa shape index (κ1) is 15.1. The average molecular weight is 348 g/mol. The van der Waals surface area contributed by atoms with Gasteiger partial charge in [0, 0.05) is 17.3 Å². The summed E-state index contributed by atoms with van der Waals surface area (Å²) in [6.45, 7) is 0. The van der Waals surface area contributed by atoms with Crippen molar-refractivity contribution in [3.63, 3.8) is 0 Å². The Balaban J connectivity index is 1.88. The molecule has 2 N–H and O–H groups in total. The highest BCUT2D eigenvalue weighted by Crippen LogP contribution is 2.38. The first-order valence-corrected chi connectivity index (χ1v) is 7.75. The van der Waals surface area contributed by atoms with Gasteiger partial charge in [-0.15, -0.1) is 0 Å². The zero-order chi connectivity index (χ0) is 17.0. The number of nitrogen functional groups attached to an aromatic ring is 1. The molecule has 7 heteroatoms. The van der Waals surface area contributed by atoms with E-state index >= 15 is 0 Å². The number of ketones is 1. The molecule has 4 rings (SSSR count). The lowest BCUT2D eigenvalue weighted by Gasteiger charge is -2.07. The summed E-state index contributed by atoms with van der Waals surface area (Å²) in [6, 6.07) is 7.86. The predicted molar refractivity (Wildman–Crippen MR) is 87.3 cm³/mol. The number of nitrogens with zero attached hydrogens (tertiary/aromatic N) is 2. The van der Waals surface area contributed by atoms with Gasteiger partial charge in [-0.1, -0.05) is 23.7 Å². The molecule has 1 fully saturated rings. The van der Waals surface area contributed by atoms with E-state index in [-0.39, 0.29) is 28.7 Å². The average Bonchev–Trinajstić information content (AvgIpc) is 3.19. The summed E-state index contributed by atoms with van der Waals surface area (Å²) in [7, 11) is 0. The smallest absolute Gasteiger partial charge is 0.189 e. The number of hydrogen-bond acceptors (Lipinski definition) is 3. The van der Waals surface area contributed by atoms with Gasteiger partial charge in [0.25, 0.3) is 0 Å². The van der Waals surface area contributed by atoms with E-state index in [1.807, 2.05) is 0 Å². The van der Waals surface area contributed by atoms with Crippen LogP contribution in [0.15, 0.2) is 36.5 Å². The maximum Gasteiger partial charge on any atom is 0.189 e. The number of nitrogens with two attached hydrogens (primary N) is 1. The Bertz CT molecular complexity index is 985. The number of imidazole rings is 1. The van der Waals surface area contributed by atoms with Gasteiger partial charge in [-0.25, -0.2) is 13.8 Å². The third kappa shape index (κ3) is 2.26. The van der Waals surface area contributed by atoms with Gasteiger partial charge in [-0.3, -0.25) is 9.20 Å². The van der Waals surface area contributed by atoms with Crippen LogP contribution in [0.5, 0.6) is 0 Å². The summed E-state index contributed by atoms with van der Waals surface area (Å²) < 4.78 is 28.4. The van der Waals surface area contributed by atoms with Crippen LogP contribution in [0, 0.1) is 11.7 Å². The molecule has 0 radical (unpaired) electrons. The summed E-state index contributed by atoms with van der Waals surface area (Å²) in [5, 5.41) is -0.0103. The molecule has 1 aliphatic carbocycles. The maximum absolute atomic E-state index is 13.7. The second-order valence-corrected chi connectivity index (χ2v) is 6.19. The van der Waals surface area contributed by atoms with Gasteiger partial charge in [0.2, 0.25) is 0 Å². The van der Waals surface area contributed by atoms with E-state index in [1.165, 1.54) is 10.5 Å². The standard InChI is InChI=1S/C17H12ClF2N3O/c18-14-9(2-1-3-11(14)19)8-4-5-13-22-17(21)15(23(13)7-8)16(24)10-6-12(10)20/h1-5,7,10,12H,6,21H2/t10-,12+/m1/s1. The van der Waals surface area contributed by atoms with Crippen LogP contribution < -0.4 is 5.73 Å². The SMILES string of the molecule is Nc1nc2ccc(-c3cccc(F)c3Cl)cn2c1C(=O)[C@@H]1C[C@@H]1F. The molecule has 2 heterocycles. The van der Waals surface area contributed by atoms with Crippen LogP contribution in [-0.2, 0) is 0 Å². The molecular weight excluding hydrogens is 336 g/mol. The van der Waals surface area contributed by atoms with Crippen molar-refractivity contribution < 1.29 is 13.6 Å². The lowest BCUT2D eigenvalue weighted by atomic mass is 10.1. The molecule has 0 aliphatic heterocycles. The Morgan fingerprint density at radius 2 is 2.08 bits per heavy atom. The fourth-order valence-electron chi connectivity index (χ4n) is 2.80. The molecule has 4 nitrogen and oxygen atoms in total. The molecule has 1 saturated carbocycles. The van der Waals surface area contributed by atoms with Crippen LogP contribution >= 0.6 is 11.6 Å². The Labute approximate surface area is 140 Å². The number of pyridine rings is 1. The minimum absolute atomic E-state index is 0.0103. The summed E-state index contributed by atoms with van der Waals surface area (Å²) in [4.78, 5) is 16.5. The molecule has 122 valence electrons. The fourth-order valence-corrected chi connectivity index (χ4v) is 3.04. The topological polar surface area (TPSA) is 60.4 Å². The van der Waals surface area contributed by atoms with Gasteiger partial charge in [-0.2, -0.15) is 0 Å². The van der Waals surface area contributed by atoms with Crippen LogP contribution in [-0.4, -0.2) is 21.3 Å². The van der Waals surface area contributed by atoms with Crippen molar-refractivity contribution in [1.29, 1.82) is 0 Å².